The Kier molecular flexibility index (Phi) is 2.70. The summed E-state index contributed by atoms with van der Waals surface area (Å²) in [4.78, 5) is 10.8. The fourth-order valence-electron chi connectivity index (χ4n) is 2.31. The number of hydrogen-bond acceptors (Lipinski definition) is 1. The van der Waals surface area contributed by atoms with Crippen LogP contribution < -0.4 is 0 Å². The van der Waals surface area contributed by atoms with E-state index in [0.717, 1.165) is 18.4 Å². The van der Waals surface area contributed by atoms with Gasteiger partial charge in [-0.2, -0.15) is 0 Å². The van der Waals surface area contributed by atoms with Crippen LogP contribution in [0.15, 0.2) is 24.3 Å². The van der Waals surface area contributed by atoms with E-state index in [0.29, 0.717) is 5.56 Å². The van der Waals surface area contributed by atoms with Crippen molar-refractivity contribution in [3.05, 3.63) is 35.4 Å². The van der Waals surface area contributed by atoms with Crippen LogP contribution in [0.1, 0.15) is 43.5 Å². The number of aliphatic carboxylic acids is 1. The lowest BCUT2D eigenvalue weighted by Crippen LogP contribution is -2.15. The molecule has 0 saturated heterocycles. The molecule has 0 spiro atoms. The summed E-state index contributed by atoms with van der Waals surface area (Å²) in [6.45, 7) is 1.50. The van der Waals surface area contributed by atoms with E-state index >= 15 is 0 Å². The van der Waals surface area contributed by atoms with E-state index in [1.165, 1.54) is 6.92 Å². The Labute approximate surface area is 94.1 Å². The smallest absolute Gasteiger partial charge is 0.304 e. The van der Waals surface area contributed by atoms with Gasteiger partial charge in [0.25, 0.3) is 0 Å². The molecule has 2 nitrogen and oxygen atoms in total. The molecule has 0 bridgehead atoms. The highest BCUT2D eigenvalue weighted by atomic mass is 19.1. The topological polar surface area (TPSA) is 37.3 Å². The Morgan fingerprint density at radius 2 is 2.12 bits per heavy atom. The molecule has 86 valence electrons. The van der Waals surface area contributed by atoms with Gasteiger partial charge in [-0.25, -0.2) is 4.39 Å². The van der Waals surface area contributed by atoms with Crippen molar-refractivity contribution in [1.82, 2.24) is 0 Å². The number of halogens is 1. The van der Waals surface area contributed by atoms with Gasteiger partial charge < -0.3 is 5.11 Å². The zero-order valence-electron chi connectivity index (χ0n) is 9.24. The van der Waals surface area contributed by atoms with Gasteiger partial charge >= 0.3 is 5.97 Å². The van der Waals surface area contributed by atoms with E-state index in [1.807, 2.05) is 12.1 Å². The predicted octanol–water partition coefficient (Wildman–Crippen LogP) is 3.22. The quantitative estimate of drug-likeness (QED) is 0.849. The average Bonchev–Trinajstić information content (AvgIpc) is 2.98. The van der Waals surface area contributed by atoms with E-state index in [4.69, 9.17) is 5.11 Å². The summed E-state index contributed by atoms with van der Waals surface area (Å²) in [5.41, 5.74) is 1.22. The third-order valence-corrected chi connectivity index (χ3v) is 3.30. The van der Waals surface area contributed by atoms with Crippen LogP contribution in [-0.2, 0) is 10.2 Å². The number of carbonyl (C=O) groups is 1. The Morgan fingerprint density at radius 3 is 2.62 bits per heavy atom. The molecule has 0 aliphatic heterocycles. The summed E-state index contributed by atoms with van der Waals surface area (Å²) >= 11 is 0. The van der Waals surface area contributed by atoms with Crippen LogP contribution in [0.5, 0.6) is 0 Å². The van der Waals surface area contributed by atoms with Crippen LogP contribution in [0.25, 0.3) is 0 Å². The van der Waals surface area contributed by atoms with E-state index in [1.54, 1.807) is 12.1 Å². The average molecular weight is 222 g/mol. The van der Waals surface area contributed by atoms with E-state index in [2.05, 4.69) is 0 Å². The number of carboxylic acid groups (broad SMARTS) is 1. The van der Waals surface area contributed by atoms with Crippen molar-refractivity contribution >= 4 is 5.97 Å². The van der Waals surface area contributed by atoms with Crippen molar-refractivity contribution < 1.29 is 14.3 Å². The molecule has 1 unspecified atom stereocenters. The molecular weight excluding hydrogens is 207 g/mol. The zero-order valence-corrected chi connectivity index (χ0v) is 9.24. The number of rotatable bonds is 4. The van der Waals surface area contributed by atoms with Crippen LogP contribution in [0.3, 0.4) is 0 Å². The first-order chi connectivity index (χ1) is 7.55. The Morgan fingerprint density at radius 1 is 1.50 bits per heavy atom. The van der Waals surface area contributed by atoms with Gasteiger partial charge in [0.2, 0.25) is 0 Å². The highest BCUT2D eigenvalue weighted by Crippen LogP contribution is 2.53. The minimum absolute atomic E-state index is 0.108. The van der Waals surface area contributed by atoms with Crippen molar-refractivity contribution in [3.63, 3.8) is 0 Å². The Hall–Kier alpha value is -1.38. The predicted molar refractivity (Wildman–Crippen MR) is 59.1 cm³/mol. The van der Waals surface area contributed by atoms with Gasteiger partial charge in [-0.1, -0.05) is 24.3 Å². The SMILES string of the molecule is CC(F)c1ccccc1C1(CC(=O)O)CC1. The van der Waals surface area contributed by atoms with Crippen molar-refractivity contribution in [2.24, 2.45) is 0 Å². The zero-order chi connectivity index (χ0) is 11.8. The summed E-state index contributed by atoms with van der Waals surface area (Å²) < 4.78 is 13.4. The highest BCUT2D eigenvalue weighted by Gasteiger charge is 2.47. The van der Waals surface area contributed by atoms with Gasteiger partial charge in [0.05, 0.1) is 6.42 Å². The van der Waals surface area contributed by atoms with Crippen molar-refractivity contribution in [2.45, 2.75) is 37.8 Å². The van der Waals surface area contributed by atoms with Gasteiger partial charge in [-0.15, -0.1) is 0 Å². The summed E-state index contributed by atoms with van der Waals surface area (Å²) in [7, 11) is 0. The third-order valence-electron chi connectivity index (χ3n) is 3.30. The lowest BCUT2D eigenvalue weighted by Gasteiger charge is -2.18. The first kappa shape index (κ1) is 11.1. The molecule has 1 aliphatic carbocycles. The molecule has 1 saturated carbocycles. The Balaban J connectivity index is 2.36. The van der Waals surface area contributed by atoms with Crippen molar-refractivity contribution in [1.29, 1.82) is 0 Å². The second-order valence-electron chi connectivity index (χ2n) is 4.55. The molecule has 0 heterocycles. The molecular formula is C13H15FO2. The van der Waals surface area contributed by atoms with Gasteiger partial charge in [0, 0.05) is 5.41 Å². The normalized spacial score (nSPS) is 19.1. The minimum atomic E-state index is -1.04. The van der Waals surface area contributed by atoms with Gasteiger partial charge in [0.1, 0.15) is 6.17 Å². The standard InChI is InChI=1S/C13H15FO2/c1-9(14)10-4-2-3-5-11(10)13(6-7-13)8-12(15)16/h2-5,9H,6-8H2,1H3,(H,15,16). The van der Waals surface area contributed by atoms with Crippen LogP contribution in [0.4, 0.5) is 4.39 Å². The molecule has 0 radical (unpaired) electrons. The maximum atomic E-state index is 13.4. The van der Waals surface area contributed by atoms with E-state index in [-0.39, 0.29) is 11.8 Å². The molecule has 16 heavy (non-hydrogen) atoms. The van der Waals surface area contributed by atoms with Crippen LogP contribution >= 0.6 is 0 Å². The monoisotopic (exact) mass is 222 g/mol. The summed E-state index contributed by atoms with van der Waals surface area (Å²) in [5.74, 6) is -0.807. The fourth-order valence-corrected chi connectivity index (χ4v) is 2.31. The molecule has 3 heteroatoms. The highest BCUT2D eigenvalue weighted by molar-refractivity contribution is 5.70. The molecule has 1 fully saturated rings. The summed E-state index contributed by atoms with van der Waals surface area (Å²) in [6, 6.07) is 7.26. The lowest BCUT2D eigenvalue weighted by molar-refractivity contribution is -0.137. The van der Waals surface area contributed by atoms with Gasteiger partial charge in [0.15, 0.2) is 0 Å². The molecule has 1 aromatic carbocycles. The lowest BCUT2D eigenvalue weighted by atomic mass is 9.87. The maximum Gasteiger partial charge on any atom is 0.304 e. The molecule has 2 rings (SSSR count). The second-order valence-corrected chi connectivity index (χ2v) is 4.55. The molecule has 1 aromatic rings. The number of alkyl halides is 1. The maximum absolute atomic E-state index is 13.4. The van der Waals surface area contributed by atoms with E-state index in [9.17, 15) is 9.18 Å². The second kappa shape index (κ2) is 3.89. The van der Waals surface area contributed by atoms with Crippen molar-refractivity contribution in [3.8, 4) is 0 Å². The van der Waals surface area contributed by atoms with Crippen LogP contribution in [0, 0.1) is 0 Å². The molecule has 0 amide bonds. The van der Waals surface area contributed by atoms with Gasteiger partial charge in [-0.05, 0) is 30.9 Å². The third kappa shape index (κ3) is 1.94. The fraction of sp³-hybridized carbons (Fsp3) is 0.462. The summed E-state index contributed by atoms with van der Waals surface area (Å²) in [5, 5.41) is 8.89. The first-order valence-corrected chi connectivity index (χ1v) is 5.50. The molecule has 1 N–H and O–H groups in total. The van der Waals surface area contributed by atoms with Gasteiger partial charge in [-0.3, -0.25) is 4.79 Å². The first-order valence-electron chi connectivity index (χ1n) is 5.50. The number of hydrogen-bond donors (Lipinski definition) is 1. The Bertz CT molecular complexity index is 408. The summed E-state index contributed by atoms with van der Waals surface area (Å²) in [6.07, 6.45) is 0.769. The molecule has 0 aromatic heterocycles. The largest absolute Gasteiger partial charge is 0.481 e. The van der Waals surface area contributed by atoms with Crippen LogP contribution in [-0.4, -0.2) is 11.1 Å². The van der Waals surface area contributed by atoms with Crippen molar-refractivity contribution in [2.75, 3.05) is 0 Å². The number of benzene rings is 1. The number of carboxylic acids is 1. The molecule has 1 atom stereocenters. The minimum Gasteiger partial charge on any atom is -0.481 e. The van der Waals surface area contributed by atoms with Crippen LogP contribution in [0.2, 0.25) is 0 Å². The van der Waals surface area contributed by atoms with E-state index < -0.39 is 12.1 Å². The molecule has 1 aliphatic rings.